The summed E-state index contributed by atoms with van der Waals surface area (Å²) in [6, 6.07) is 13.9. The van der Waals surface area contributed by atoms with Crippen LogP contribution in [0.4, 0.5) is 16.5 Å². The summed E-state index contributed by atoms with van der Waals surface area (Å²) in [7, 11) is 0. The fraction of sp³-hybridized carbons (Fsp3) is 0.333. The highest BCUT2D eigenvalue weighted by atomic mass is 16.6. The minimum absolute atomic E-state index is 0.0652. The lowest BCUT2D eigenvalue weighted by Gasteiger charge is -2.31. The summed E-state index contributed by atoms with van der Waals surface area (Å²) in [6.07, 6.45) is 0.961. The number of amides is 2. The lowest BCUT2D eigenvalue weighted by molar-refractivity contribution is 0.0836. The quantitative estimate of drug-likeness (QED) is 0.665. The van der Waals surface area contributed by atoms with Crippen LogP contribution in [-0.2, 0) is 4.74 Å². The number of hydrogen-bond acceptors (Lipinski definition) is 7. The van der Waals surface area contributed by atoms with Gasteiger partial charge in [-0.05, 0) is 31.2 Å². The summed E-state index contributed by atoms with van der Waals surface area (Å²) in [5.74, 6) is -0.534. The third-order valence-electron chi connectivity index (χ3n) is 5.01. The minimum Gasteiger partial charge on any atom is -0.450 e. The molecule has 0 aliphatic carbocycles. The van der Waals surface area contributed by atoms with Crippen LogP contribution in [0.25, 0.3) is 10.8 Å². The number of anilines is 2. The molecule has 2 aromatic carbocycles. The molecular weight excluding hydrogens is 386 g/mol. The molecule has 2 amide bonds. The fourth-order valence-corrected chi connectivity index (χ4v) is 3.48. The SMILES string of the molecule is CCOC(=O)N1CCC(NC(=O)c2nnc(Nc3cccc4ccccc34)o2)CC1. The second-order valence-electron chi connectivity index (χ2n) is 7.00. The van der Waals surface area contributed by atoms with E-state index in [4.69, 9.17) is 9.15 Å². The first-order valence-electron chi connectivity index (χ1n) is 9.95. The van der Waals surface area contributed by atoms with Crippen molar-refractivity contribution in [2.45, 2.75) is 25.8 Å². The molecule has 1 aliphatic rings. The number of piperidine rings is 1. The van der Waals surface area contributed by atoms with E-state index in [2.05, 4.69) is 20.8 Å². The molecule has 9 nitrogen and oxygen atoms in total. The van der Waals surface area contributed by atoms with Crippen molar-refractivity contribution in [1.82, 2.24) is 20.4 Å². The van der Waals surface area contributed by atoms with Crippen molar-refractivity contribution in [2.24, 2.45) is 0 Å². The van der Waals surface area contributed by atoms with Crippen LogP contribution in [0.2, 0.25) is 0 Å². The third-order valence-corrected chi connectivity index (χ3v) is 5.01. The molecule has 1 saturated heterocycles. The number of carbonyl (C=O) groups is 2. The Morgan fingerprint density at radius 1 is 1.13 bits per heavy atom. The van der Waals surface area contributed by atoms with Gasteiger partial charge in [0.05, 0.1) is 12.3 Å². The van der Waals surface area contributed by atoms with Crippen LogP contribution in [0.15, 0.2) is 46.9 Å². The molecule has 9 heteroatoms. The molecule has 30 heavy (non-hydrogen) atoms. The Bertz CT molecular complexity index is 1040. The average Bonchev–Trinajstić information content (AvgIpc) is 3.23. The van der Waals surface area contributed by atoms with E-state index in [0.29, 0.717) is 32.5 Å². The van der Waals surface area contributed by atoms with Crippen LogP contribution in [0.3, 0.4) is 0 Å². The average molecular weight is 409 g/mol. The number of carbonyl (C=O) groups excluding carboxylic acids is 2. The first kappa shape index (κ1) is 19.7. The second-order valence-corrected chi connectivity index (χ2v) is 7.00. The highest BCUT2D eigenvalue weighted by Gasteiger charge is 2.26. The van der Waals surface area contributed by atoms with E-state index in [9.17, 15) is 9.59 Å². The second kappa shape index (κ2) is 8.81. The zero-order chi connectivity index (χ0) is 20.9. The van der Waals surface area contributed by atoms with Crippen LogP contribution in [-0.4, -0.2) is 52.8 Å². The van der Waals surface area contributed by atoms with Crippen molar-refractivity contribution in [2.75, 3.05) is 25.0 Å². The molecular formula is C21H23N5O4. The van der Waals surface area contributed by atoms with Gasteiger partial charge < -0.3 is 24.7 Å². The normalized spacial score (nSPS) is 14.5. The Balaban J connectivity index is 1.35. The van der Waals surface area contributed by atoms with Crippen LogP contribution in [0.5, 0.6) is 0 Å². The number of ether oxygens (including phenoxy) is 1. The molecule has 0 atom stereocenters. The number of benzene rings is 2. The Morgan fingerprint density at radius 2 is 1.90 bits per heavy atom. The number of rotatable bonds is 5. The van der Waals surface area contributed by atoms with Crippen molar-refractivity contribution < 1.29 is 18.7 Å². The van der Waals surface area contributed by atoms with Gasteiger partial charge in [0.2, 0.25) is 0 Å². The highest BCUT2D eigenvalue weighted by Crippen LogP contribution is 2.25. The molecule has 2 N–H and O–H groups in total. The Hall–Kier alpha value is -3.62. The van der Waals surface area contributed by atoms with E-state index in [0.717, 1.165) is 16.5 Å². The lowest BCUT2D eigenvalue weighted by atomic mass is 10.1. The van der Waals surface area contributed by atoms with Crippen LogP contribution >= 0.6 is 0 Å². The molecule has 4 rings (SSSR count). The van der Waals surface area contributed by atoms with Crippen molar-refractivity contribution in [3.05, 3.63) is 48.4 Å². The van der Waals surface area contributed by atoms with E-state index in [1.807, 2.05) is 42.5 Å². The first-order chi connectivity index (χ1) is 14.6. The molecule has 0 bridgehead atoms. The van der Waals surface area contributed by atoms with Crippen molar-refractivity contribution in [3.63, 3.8) is 0 Å². The van der Waals surface area contributed by atoms with Crippen LogP contribution in [0.1, 0.15) is 30.5 Å². The summed E-state index contributed by atoms with van der Waals surface area (Å²) in [5, 5.41) is 15.8. The summed E-state index contributed by atoms with van der Waals surface area (Å²) in [4.78, 5) is 25.9. The third kappa shape index (κ3) is 4.35. The number of fused-ring (bicyclic) bond motifs is 1. The van der Waals surface area contributed by atoms with Crippen molar-refractivity contribution in [3.8, 4) is 0 Å². The van der Waals surface area contributed by atoms with Crippen LogP contribution < -0.4 is 10.6 Å². The Morgan fingerprint density at radius 3 is 2.70 bits per heavy atom. The van der Waals surface area contributed by atoms with Crippen molar-refractivity contribution >= 4 is 34.5 Å². The molecule has 0 saturated carbocycles. The van der Waals surface area contributed by atoms with E-state index >= 15 is 0 Å². The molecule has 0 spiro atoms. The molecule has 0 radical (unpaired) electrons. The maximum atomic E-state index is 12.5. The van der Waals surface area contributed by atoms with Gasteiger partial charge in [-0.25, -0.2) is 4.79 Å². The number of hydrogen-bond donors (Lipinski definition) is 2. The maximum Gasteiger partial charge on any atom is 0.409 e. The van der Waals surface area contributed by atoms with E-state index in [-0.39, 0.29) is 24.0 Å². The van der Waals surface area contributed by atoms with Gasteiger partial charge in [-0.2, -0.15) is 0 Å². The molecule has 2 heterocycles. The summed E-state index contributed by atoms with van der Waals surface area (Å²) in [5.41, 5.74) is 0.815. The van der Waals surface area contributed by atoms with Gasteiger partial charge in [-0.1, -0.05) is 41.5 Å². The van der Waals surface area contributed by atoms with Crippen molar-refractivity contribution in [1.29, 1.82) is 0 Å². The standard InChI is InChI=1S/C21H23N5O4/c1-2-29-21(28)26-12-10-15(11-13-26)22-18(27)19-24-25-20(30-19)23-17-9-5-7-14-6-3-4-8-16(14)17/h3-9,15H,2,10-13H2,1H3,(H,22,27)(H,23,25). The minimum atomic E-state index is -0.428. The molecule has 0 unspecified atom stereocenters. The smallest absolute Gasteiger partial charge is 0.409 e. The number of likely N-dealkylation sites (tertiary alicyclic amines) is 1. The zero-order valence-corrected chi connectivity index (χ0v) is 16.6. The van der Waals surface area contributed by atoms with E-state index < -0.39 is 5.91 Å². The predicted octanol–water partition coefficient (Wildman–Crippen LogP) is 3.32. The van der Waals surface area contributed by atoms with Gasteiger partial charge in [0.1, 0.15) is 0 Å². The van der Waals surface area contributed by atoms with Gasteiger partial charge in [0, 0.05) is 24.5 Å². The van der Waals surface area contributed by atoms with E-state index in [1.54, 1.807) is 11.8 Å². The molecule has 1 aliphatic heterocycles. The van der Waals surface area contributed by atoms with Gasteiger partial charge in [-0.15, -0.1) is 5.10 Å². The van der Waals surface area contributed by atoms with Gasteiger partial charge >= 0.3 is 23.9 Å². The van der Waals surface area contributed by atoms with Crippen LogP contribution in [0, 0.1) is 0 Å². The Labute approximate surface area is 173 Å². The predicted molar refractivity (Wildman–Crippen MR) is 111 cm³/mol. The molecule has 1 fully saturated rings. The maximum absolute atomic E-state index is 12.5. The van der Waals surface area contributed by atoms with Gasteiger partial charge in [0.25, 0.3) is 0 Å². The molecule has 156 valence electrons. The number of aromatic nitrogens is 2. The molecule has 1 aromatic heterocycles. The monoisotopic (exact) mass is 409 g/mol. The number of nitrogens with zero attached hydrogens (tertiary/aromatic N) is 3. The Kier molecular flexibility index (Phi) is 5.78. The molecule has 3 aromatic rings. The fourth-order valence-electron chi connectivity index (χ4n) is 3.48. The lowest BCUT2D eigenvalue weighted by Crippen LogP contribution is -2.46. The number of nitrogens with one attached hydrogen (secondary N) is 2. The van der Waals surface area contributed by atoms with Gasteiger partial charge in [-0.3, -0.25) is 4.79 Å². The summed E-state index contributed by atoms with van der Waals surface area (Å²) in [6.45, 7) is 3.18. The largest absolute Gasteiger partial charge is 0.450 e. The topological polar surface area (TPSA) is 110 Å². The van der Waals surface area contributed by atoms with E-state index in [1.165, 1.54) is 0 Å². The first-order valence-corrected chi connectivity index (χ1v) is 9.95. The summed E-state index contributed by atoms with van der Waals surface area (Å²) < 4.78 is 10.5. The summed E-state index contributed by atoms with van der Waals surface area (Å²) >= 11 is 0. The van der Waals surface area contributed by atoms with Gasteiger partial charge in [0.15, 0.2) is 0 Å². The highest BCUT2D eigenvalue weighted by molar-refractivity contribution is 5.95. The zero-order valence-electron chi connectivity index (χ0n) is 16.6.